The zero-order chi connectivity index (χ0) is 36.7. The third-order valence-electron chi connectivity index (χ3n) is 9.12. The number of hydrogen-bond acceptors (Lipinski definition) is 5. The maximum atomic E-state index is 12.7. The first-order valence-electron chi connectivity index (χ1n) is 21.1. The molecule has 0 saturated carbocycles. The zero-order valence-electron chi connectivity index (χ0n) is 33.0. The van der Waals surface area contributed by atoms with Gasteiger partial charge in [0.05, 0.1) is 13.2 Å². The molecule has 290 valence electrons. The first-order valence-corrected chi connectivity index (χ1v) is 21.1. The van der Waals surface area contributed by atoms with Crippen LogP contribution in [0.25, 0.3) is 0 Å². The molecule has 0 bridgehead atoms. The molecule has 1 atom stereocenters. The third kappa shape index (κ3) is 33.0. The van der Waals surface area contributed by atoms with Crippen LogP contribution in [0, 0.1) is 0 Å². The molecule has 51 heavy (non-hydrogen) atoms. The Kier molecular flexibility index (Phi) is 33.7. The van der Waals surface area contributed by atoms with E-state index in [4.69, 9.17) is 14.2 Å². The molecule has 0 N–H and O–H groups in total. The average Bonchev–Trinajstić information content (AvgIpc) is 3.14. The monoisotopic (exact) mass is 709 g/mol. The van der Waals surface area contributed by atoms with E-state index >= 15 is 0 Å². The fraction of sp³-hybridized carbons (Fsp3) is 0.696. The van der Waals surface area contributed by atoms with Crippen molar-refractivity contribution in [1.82, 2.24) is 0 Å². The van der Waals surface area contributed by atoms with Crippen molar-refractivity contribution < 1.29 is 23.8 Å². The summed E-state index contributed by atoms with van der Waals surface area (Å²) in [4.78, 5) is 25.1. The number of allylic oxidation sites excluding steroid dienone is 6. The molecular weight excluding hydrogens is 633 g/mol. The number of ether oxygens (including phenoxy) is 3. The molecule has 1 rings (SSSR count). The van der Waals surface area contributed by atoms with Crippen LogP contribution in [-0.2, 0) is 30.4 Å². The summed E-state index contributed by atoms with van der Waals surface area (Å²) < 4.78 is 17.1. The summed E-state index contributed by atoms with van der Waals surface area (Å²) in [5, 5.41) is 0. The van der Waals surface area contributed by atoms with E-state index in [0.717, 1.165) is 63.4 Å². The highest BCUT2D eigenvalue weighted by Gasteiger charge is 2.17. The molecule has 5 nitrogen and oxygen atoms in total. The van der Waals surface area contributed by atoms with E-state index in [1.54, 1.807) is 0 Å². The molecule has 0 heterocycles. The van der Waals surface area contributed by atoms with Crippen LogP contribution >= 0.6 is 0 Å². The smallest absolute Gasteiger partial charge is 0.306 e. The van der Waals surface area contributed by atoms with E-state index in [1.807, 2.05) is 30.3 Å². The van der Waals surface area contributed by atoms with E-state index < -0.39 is 6.10 Å². The molecule has 0 aliphatic heterocycles. The SMILES string of the molecule is CCCCC/C=C\C/C=C\CCCCCCCC(=O)OC[C@H](COCc1ccccc1)OC(=O)CCCCCCC/C=C\CCCCCCCC. The van der Waals surface area contributed by atoms with Crippen LogP contribution in [0.3, 0.4) is 0 Å². The van der Waals surface area contributed by atoms with Gasteiger partial charge in [-0.1, -0.05) is 164 Å². The van der Waals surface area contributed by atoms with Gasteiger partial charge in [-0.3, -0.25) is 9.59 Å². The summed E-state index contributed by atoms with van der Waals surface area (Å²) in [6.07, 6.45) is 42.4. The lowest BCUT2D eigenvalue weighted by atomic mass is 10.1. The maximum absolute atomic E-state index is 12.7. The number of unbranched alkanes of at least 4 members (excludes halogenated alkanes) is 19. The lowest BCUT2D eigenvalue weighted by molar-refractivity contribution is -0.163. The number of benzene rings is 1. The highest BCUT2D eigenvalue weighted by Crippen LogP contribution is 2.13. The van der Waals surface area contributed by atoms with E-state index in [-0.39, 0.29) is 25.2 Å². The first kappa shape index (κ1) is 46.4. The highest BCUT2D eigenvalue weighted by atomic mass is 16.6. The Hall–Kier alpha value is -2.66. The van der Waals surface area contributed by atoms with Crippen LogP contribution in [0.1, 0.15) is 186 Å². The Morgan fingerprint density at radius 2 is 0.980 bits per heavy atom. The molecule has 0 aromatic heterocycles. The van der Waals surface area contributed by atoms with Gasteiger partial charge >= 0.3 is 11.9 Å². The summed E-state index contributed by atoms with van der Waals surface area (Å²) in [5.41, 5.74) is 1.05. The summed E-state index contributed by atoms with van der Waals surface area (Å²) >= 11 is 0. The fourth-order valence-corrected chi connectivity index (χ4v) is 5.92. The molecule has 0 radical (unpaired) electrons. The molecular formula is C46H76O5. The van der Waals surface area contributed by atoms with Crippen LogP contribution < -0.4 is 0 Å². The standard InChI is InChI=1S/C46H76O5/c1-3-5-7-9-11-13-15-17-19-21-23-25-27-29-34-38-45(47)50-42-44(41-49-40-43-36-32-31-33-37-43)51-46(48)39-35-30-28-26-24-22-20-18-16-14-12-10-8-6-4-2/h11,13,17-20,31-33,36-37,44H,3-10,12,14-16,21-30,34-35,38-42H2,1-2H3/b13-11-,19-17-,20-18-/t44-/m0/s1. The van der Waals surface area contributed by atoms with Crippen molar-refractivity contribution in [3.05, 3.63) is 72.4 Å². The van der Waals surface area contributed by atoms with Crippen molar-refractivity contribution in [2.75, 3.05) is 13.2 Å². The molecule has 0 aliphatic rings. The van der Waals surface area contributed by atoms with Crippen LogP contribution in [0.15, 0.2) is 66.8 Å². The van der Waals surface area contributed by atoms with Crippen molar-refractivity contribution in [3.8, 4) is 0 Å². The summed E-state index contributed by atoms with van der Waals surface area (Å²) in [7, 11) is 0. The molecule has 1 aromatic carbocycles. The molecule has 0 saturated heterocycles. The fourth-order valence-electron chi connectivity index (χ4n) is 5.92. The second kappa shape index (κ2) is 37.1. The number of hydrogen-bond donors (Lipinski definition) is 0. The van der Waals surface area contributed by atoms with Gasteiger partial charge in [-0.25, -0.2) is 0 Å². The minimum Gasteiger partial charge on any atom is -0.462 e. The van der Waals surface area contributed by atoms with E-state index in [2.05, 4.69) is 50.3 Å². The van der Waals surface area contributed by atoms with Gasteiger partial charge in [0.1, 0.15) is 6.61 Å². The van der Waals surface area contributed by atoms with Gasteiger partial charge in [0.2, 0.25) is 0 Å². The summed E-state index contributed by atoms with van der Waals surface area (Å²) in [5.74, 6) is -0.479. The second-order valence-corrected chi connectivity index (χ2v) is 14.1. The minimum atomic E-state index is -0.599. The van der Waals surface area contributed by atoms with E-state index in [0.29, 0.717) is 19.4 Å². The van der Waals surface area contributed by atoms with Gasteiger partial charge in [-0.2, -0.15) is 0 Å². The molecule has 0 aliphatic carbocycles. The van der Waals surface area contributed by atoms with Crippen molar-refractivity contribution in [1.29, 1.82) is 0 Å². The van der Waals surface area contributed by atoms with Gasteiger partial charge in [0, 0.05) is 12.8 Å². The molecule has 0 amide bonds. The summed E-state index contributed by atoms with van der Waals surface area (Å²) in [6.45, 7) is 5.16. The quantitative estimate of drug-likeness (QED) is 0.0394. The zero-order valence-corrected chi connectivity index (χ0v) is 33.0. The van der Waals surface area contributed by atoms with E-state index in [1.165, 1.54) is 96.3 Å². The van der Waals surface area contributed by atoms with Gasteiger partial charge in [-0.15, -0.1) is 0 Å². The normalized spacial score (nSPS) is 12.4. The predicted octanol–water partition coefficient (Wildman–Crippen LogP) is 13.5. The first-order chi connectivity index (χ1) is 25.2. The topological polar surface area (TPSA) is 61.8 Å². The van der Waals surface area contributed by atoms with Crippen molar-refractivity contribution in [2.45, 2.75) is 193 Å². The third-order valence-corrected chi connectivity index (χ3v) is 9.12. The van der Waals surface area contributed by atoms with Crippen molar-refractivity contribution in [3.63, 3.8) is 0 Å². The molecule has 0 spiro atoms. The van der Waals surface area contributed by atoms with Gasteiger partial charge < -0.3 is 14.2 Å². The molecule has 0 unspecified atom stereocenters. The Bertz CT molecular complexity index is 998. The second-order valence-electron chi connectivity index (χ2n) is 14.1. The van der Waals surface area contributed by atoms with Crippen LogP contribution in [0.5, 0.6) is 0 Å². The predicted molar refractivity (Wildman–Crippen MR) is 216 cm³/mol. The molecule has 1 aromatic rings. The van der Waals surface area contributed by atoms with Crippen molar-refractivity contribution in [2.24, 2.45) is 0 Å². The number of rotatable bonds is 36. The van der Waals surface area contributed by atoms with Crippen LogP contribution in [0.2, 0.25) is 0 Å². The Labute approximate surface area is 314 Å². The van der Waals surface area contributed by atoms with Crippen LogP contribution in [0.4, 0.5) is 0 Å². The van der Waals surface area contributed by atoms with Crippen molar-refractivity contribution >= 4 is 11.9 Å². The largest absolute Gasteiger partial charge is 0.462 e. The van der Waals surface area contributed by atoms with Crippen LogP contribution in [-0.4, -0.2) is 31.3 Å². The highest BCUT2D eigenvalue weighted by molar-refractivity contribution is 5.70. The maximum Gasteiger partial charge on any atom is 0.306 e. The van der Waals surface area contributed by atoms with E-state index in [9.17, 15) is 9.59 Å². The Morgan fingerprint density at radius 3 is 1.55 bits per heavy atom. The number of esters is 2. The number of carbonyl (C=O) groups is 2. The number of carbonyl (C=O) groups excluding carboxylic acids is 2. The van der Waals surface area contributed by atoms with Gasteiger partial charge in [-0.05, 0) is 76.2 Å². The Morgan fingerprint density at radius 1 is 0.529 bits per heavy atom. The Balaban J connectivity index is 2.19. The lowest BCUT2D eigenvalue weighted by Crippen LogP contribution is -2.29. The lowest BCUT2D eigenvalue weighted by Gasteiger charge is -2.18. The average molecular weight is 709 g/mol. The molecule has 5 heteroatoms. The van der Waals surface area contributed by atoms with Gasteiger partial charge in [0.25, 0.3) is 0 Å². The summed E-state index contributed by atoms with van der Waals surface area (Å²) in [6, 6.07) is 9.91. The van der Waals surface area contributed by atoms with Gasteiger partial charge in [0.15, 0.2) is 6.10 Å². The minimum absolute atomic E-state index is 0.0337. The molecule has 0 fully saturated rings.